The van der Waals surface area contributed by atoms with Crippen LogP contribution >= 0.6 is 11.6 Å². The molecule has 3 N–H and O–H groups in total. The van der Waals surface area contributed by atoms with Crippen LogP contribution in [0.25, 0.3) is 0 Å². The van der Waals surface area contributed by atoms with E-state index in [0.29, 0.717) is 0 Å². The van der Waals surface area contributed by atoms with Gasteiger partial charge in [-0.3, -0.25) is 0 Å². The first kappa shape index (κ1) is 12.8. The number of carbonyl (C=O) groups is 1. The molecule has 0 saturated carbocycles. The average Bonchev–Trinajstić information content (AvgIpc) is 2.17. The van der Waals surface area contributed by atoms with E-state index in [0.717, 1.165) is 0 Å². The van der Waals surface area contributed by atoms with Gasteiger partial charge in [0, 0.05) is 0 Å². The number of carboxylic acids is 1. The molecular formula is C8H8ClNO5S. The number of halogens is 1. The second-order valence-electron chi connectivity index (χ2n) is 2.80. The van der Waals surface area contributed by atoms with Crippen molar-refractivity contribution < 1.29 is 23.1 Å². The Morgan fingerprint density at radius 2 is 1.88 bits per heavy atom. The molecule has 0 heterocycles. The van der Waals surface area contributed by atoms with Gasteiger partial charge < -0.3 is 9.84 Å². The van der Waals surface area contributed by atoms with E-state index in [-0.39, 0.29) is 5.75 Å². The molecule has 1 rings (SSSR count). The van der Waals surface area contributed by atoms with E-state index < -0.39 is 20.4 Å². The maximum atomic E-state index is 11.0. The highest BCUT2D eigenvalue weighted by atomic mass is 35.5. The van der Waals surface area contributed by atoms with Crippen LogP contribution in [0.5, 0.6) is 5.75 Å². The Morgan fingerprint density at radius 1 is 1.38 bits per heavy atom. The minimum absolute atomic E-state index is 0.0195. The zero-order valence-electron chi connectivity index (χ0n) is 7.83. The lowest BCUT2D eigenvalue weighted by atomic mass is 10.3. The van der Waals surface area contributed by atoms with Gasteiger partial charge in [0.1, 0.15) is 5.75 Å². The maximum Gasteiger partial charge on any atom is 0.395 e. The van der Waals surface area contributed by atoms with E-state index in [2.05, 4.69) is 4.74 Å². The molecule has 0 aliphatic carbocycles. The fourth-order valence-electron chi connectivity index (χ4n) is 0.864. The highest BCUT2D eigenvalue weighted by Crippen LogP contribution is 2.26. The number of sulfonamides is 1. The number of carboxylic acid groups (broad SMARTS) is 1. The Hall–Kier alpha value is -1.31. The van der Waals surface area contributed by atoms with Gasteiger partial charge in [-0.1, -0.05) is 18.2 Å². The molecular weight excluding hydrogens is 258 g/mol. The zero-order valence-corrected chi connectivity index (χ0v) is 9.40. The van der Waals surface area contributed by atoms with Gasteiger partial charge >= 0.3 is 10.4 Å². The molecule has 1 aromatic rings. The fourth-order valence-corrected chi connectivity index (χ4v) is 1.41. The summed E-state index contributed by atoms with van der Waals surface area (Å²) in [4.78, 5) is 10.8. The third-order valence-electron chi connectivity index (χ3n) is 1.61. The molecule has 88 valence electrons. The highest BCUT2D eigenvalue weighted by molar-refractivity contribution is 7.92. The number of nitrogens with two attached hydrogens (primary N) is 1. The summed E-state index contributed by atoms with van der Waals surface area (Å²) < 4.78 is 23.7. The number of para-hydroxylation sites is 1. The monoisotopic (exact) mass is 265 g/mol. The van der Waals surface area contributed by atoms with Gasteiger partial charge in [0.2, 0.25) is 0 Å². The first-order chi connectivity index (χ1) is 7.27. The Morgan fingerprint density at radius 3 is 2.25 bits per heavy atom. The predicted octanol–water partition coefficient (Wildman–Crippen LogP) is 0.331. The van der Waals surface area contributed by atoms with Crippen LogP contribution in [0.1, 0.15) is 0 Å². The molecule has 8 heteroatoms. The fraction of sp³-hybridized carbons (Fsp3) is 0.125. The lowest BCUT2D eigenvalue weighted by Crippen LogP contribution is -2.50. The van der Waals surface area contributed by atoms with Crippen molar-refractivity contribution in [3.05, 3.63) is 30.3 Å². The normalized spacial score (nSPS) is 15.1. The number of primary sulfonamides is 1. The molecule has 1 aromatic carbocycles. The Labute approximate surface area is 96.6 Å². The summed E-state index contributed by atoms with van der Waals surface area (Å²) in [6.07, 6.45) is 0. The summed E-state index contributed by atoms with van der Waals surface area (Å²) in [7, 11) is -4.62. The maximum absolute atomic E-state index is 11.0. The summed E-state index contributed by atoms with van der Waals surface area (Å²) in [5.74, 6) is -1.92. The van der Waals surface area contributed by atoms with Gasteiger partial charge in [-0.15, -0.1) is 0 Å². The first-order valence-electron chi connectivity index (χ1n) is 3.96. The third-order valence-corrected chi connectivity index (χ3v) is 3.49. The summed E-state index contributed by atoms with van der Waals surface area (Å²) in [5.41, 5.74) is 0. The largest absolute Gasteiger partial charge is 0.476 e. The van der Waals surface area contributed by atoms with Crippen molar-refractivity contribution >= 4 is 27.6 Å². The molecule has 16 heavy (non-hydrogen) atoms. The molecule has 0 spiro atoms. The van der Waals surface area contributed by atoms with Crippen LogP contribution in [-0.2, 0) is 14.8 Å². The van der Waals surface area contributed by atoms with Gasteiger partial charge in [0.15, 0.2) is 0 Å². The van der Waals surface area contributed by atoms with Gasteiger partial charge in [-0.2, -0.15) is 0 Å². The molecule has 0 aliphatic rings. The molecule has 0 aliphatic heterocycles. The van der Waals surface area contributed by atoms with Crippen LogP contribution in [0.4, 0.5) is 0 Å². The lowest BCUT2D eigenvalue weighted by Gasteiger charge is -2.20. The van der Waals surface area contributed by atoms with Crippen LogP contribution < -0.4 is 9.88 Å². The van der Waals surface area contributed by atoms with E-state index >= 15 is 0 Å². The number of aliphatic carboxylic acids is 1. The van der Waals surface area contributed by atoms with Crippen LogP contribution in [0, 0.1) is 0 Å². The summed E-state index contributed by atoms with van der Waals surface area (Å²) in [6, 6.07) is 7.40. The van der Waals surface area contributed by atoms with Crippen LogP contribution in [0.3, 0.4) is 0 Å². The topological polar surface area (TPSA) is 107 Å². The van der Waals surface area contributed by atoms with E-state index in [9.17, 15) is 13.2 Å². The SMILES string of the molecule is NS(=O)(=O)C(Cl)(Oc1ccccc1)C(=O)O. The van der Waals surface area contributed by atoms with Crippen molar-refractivity contribution in [2.75, 3.05) is 0 Å². The van der Waals surface area contributed by atoms with Gasteiger partial charge in [-0.25, -0.2) is 18.4 Å². The summed E-state index contributed by atoms with van der Waals surface area (Å²) >= 11 is 5.35. The number of alkyl halides is 1. The van der Waals surface area contributed by atoms with E-state index in [1.54, 1.807) is 6.07 Å². The molecule has 0 fully saturated rings. The van der Waals surface area contributed by atoms with Crippen molar-refractivity contribution in [2.24, 2.45) is 5.14 Å². The molecule has 0 amide bonds. The molecule has 0 bridgehead atoms. The van der Waals surface area contributed by atoms with E-state index in [1.165, 1.54) is 24.3 Å². The second-order valence-corrected chi connectivity index (χ2v) is 5.22. The zero-order chi connectivity index (χ0) is 12.4. The molecule has 0 radical (unpaired) electrons. The lowest BCUT2D eigenvalue weighted by molar-refractivity contribution is -0.143. The Kier molecular flexibility index (Phi) is 3.41. The summed E-state index contributed by atoms with van der Waals surface area (Å²) in [5, 5.41) is 13.4. The molecule has 0 saturated heterocycles. The third kappa shape index (κ3) is 2.43. The predicted molar refractivity (Wildman–Crippen MR) is 56.4 cm³/mol. The highest BCUT2D eigenvalue weighted by Gasteiger charge is 2.51. The number of rotatable bonds is 4. The van der Waals surface area contributed by atoms with Crippen LogP contribution in [0.15, 0.2) is 30.3 Å². The molecule has 0 aromatic heterocycles. The second kappa shape index (κ2) is 4.28. The van der Waals surface area contributed by atoms with Gasteiger partial charge in [0.05, 0.1) is 0 Å². The molecule has 6 nitrogen and oxygen atoms in total. The van der Waals surface area contributed by atoms with E-state index in [4.69, 9.17) is 21.8 Å². The average molecular weight is 266 g/mol. The number of benzene rings is 1. The summed E-state index contributed by atoms with van der Waals surface area (Å²) in [6.45, 7) is 0. The van der Waals surface area contributed by atoms with Crippen molar-refractivity contribution in [2.45, 2.75) is 4.39 Å². The van der Waals surface area contributed by atoms with Crippen molar-refractivity contribution in [1.82, 2.24) is 0 Å². The number of hydrogen-bond acceptors (Lipinski definition) is 4. The van der Waals surface area contributed by atoms with E-state index in [1.807, 2.05) is 0 Å². The Bertz CT molecular complexity index is 488. The van der Waals surface area contributed by atoms with Gasteiger partial charge in [-0.05, 0) is 23.7 Å². The smallest absolute Gasteiger partial charge is 0.395 e. The van der Waals surface area contributed by atoms with Crippen molar-refractivity contribution in [1.29, 1.82) is 0 Å². The minimum atomic E-state index is -4.62. The van der Waals surface area contributed by atoms with Gasteiger partial charge in [0.25, 0.3) is 10.0 Å². The standard InChI is InChI=1S/C8H8ClNO5S/c9-8(7(11)12,16(10,13)14)15-6-4-2-1-3-5-6/h1-5H,(H,11,12)(H2,10,13,14). The van der Waals surface area contributed by atoms with Crippen molar-refractivity contribution in [3.8, 4) is 5.75 Å². The van der Waals surface area contributed by atoms with Crippen LogP contribution in [0.2, 0.25) is 0 Å². The minimum Gasteiger partial charge on any atom is -0.476 e. The molecule has 1 unspecified atom stereocenters. The van der Waals surface area contributed by atoms with Crippen LogP contribution in [-0.4, -0.2) is 23.9 Å². The quantitative estimate of drug-likeness (QED) is 0.763. The Balaban J connectivity index is 3.13. The first-order valence-corrected chi connectivity index (χ1v) is 5.88. The van der Waals surface area contributed by atoms with Crippen molar-refractivity contribution in [3.63, 3.8) is 0 Å². The number of hydrogen-bond donors (Lipinski definition) is 2. The number of ether oxygens (including phenoxy) is 1. The molecule has 1 atom stereocenters.